The van der Waals surface area contributed by atoms with Crippen molar-refractivity contribution in [2.45, 2.75) is 39.2 Å². The zero-order valence-corrected chi connectivity index (χ0v) is 16.4. The first-order valence-corrected chi connectivity index (χ1v) is 9.68. The smallest absolute Gasteiger partial charge is 0.269 e. The van der Waals surface area contributed by atoms with Crippen molar-refractivity contribution in [2.24, 2.45) is 0 Å². The number of carbonyl (C=O) groups excluding carboxylic acids is 1. The van der Waals surface area contributed by atoms with E-state index in [2.05, 4.69) is 30.4 Å². The lowest BCUT2D eigenvalue weighted by atomic mass is 10.1. The minimum Gasteiger partial charge on any atom is -0.348 e. The number of nitrogens with one attached hydrogen (secondary N) is 1. The van der Waals surface area contributed by atoms with Crippen molar-refractivity contribution in [3.05, 3.63) is 89.2 Å². The van der Waals surface area contributed by atoms with Gasteiger partial charge in [0.15, 0.2) is 0 Å². The van der Waals surface area contributed by atoms with Crippen LogP contribution in [0.2, 0.25) is 0 Å². The minimum atomic E-state index is -0.221. The molecular weight excluding hydrogens is 346 g/mol. The molecule has 4 nitrogen and oxygen atoms in total. The van der Waals surface area contributed by atoms with Crippen LogP contribution in [0.4, 0.5) is 0 Å². The van der Waals surface area contributed by atoms with Crippen molar-refractivity contribution in [2.75, 3.05) is 0 Å². The zero-order valence-electron chi connectivity index (χ0n) is 16.4. The van der Waals surface area contributed by atoms with Crippen LogP contribution < -0.4 is 5.32 Å². The van der Waals surface area contributed by atoms with E-state index >= 15 is 0 Å². The molecule has 1 N–H and O–H groups in total. The number of nitriles is 1. The lowest BCUT2D eigenvalue weighted by Gasteiger charge is -2.16. The summed E-state index contributed by atoms with van der Waals surface area (Å²) in [6, 6.07) is 22.1. The van der Waals surface area contributed by atoms with Gasteiger partial charge in [0, 0.05) is 17.9 Å². The van der Waals surface area contributed by atoms with E-state index in [-0.39, 0.29) is 11.9 Å². The Kier molecular flexibility index (Phi) is 6.29. The van der Waals surface area contributed by atoms with Gasteiger partial charge in [-0.15, -0.1) is 0 Å². The van der Waals surface area contributed by atoms with E-state index in [9.17, 15) is 10.1 Å². The van der Waals surface area contributed by atoms with Crippen molar-refractivity contribution in [3.63, 3.8) is 0 Å². The number of hydrogen-bond acceptors (Lipinski definition) is 2. The van der Waals surface area contributed by atoms with E-state index in [0.29, 0.717) is 11.3 Å². The molecule has 4 heteroatoms. The molecule has 0 unspecified atom stereocenters. The second-order valence-corrected chi connectivity index (χ2v) is 6.98. The van der Waals surface area contributed by atoms with E-state index in [1.165, 1.54) is 11.1 Å². The van der Waals surface area contributed by atoms with Crippen LogP contribution in [0.15, 0.2) is 66.9 Å². The van der Waals surface area contributed by atoms with Gasteiger partial charge in [-0.3, -0.25) is 4.79 Å². The van der Waals surface area contributed by atoms with Gasteiger partial charge < -0.3 is 9.88 Å². The van der Waals surface area contributed by atoms with Crippen molar-refractivity contribution < 1.29 is 4.79 Å². The van der Waals surface area contributed by atoms with Gasteiger partial charge in [-0.1, -0.05) is 49.4 Å². The zero-order chi connectivity index (χ0) is 19.9. The van der Waals surface area contributed by atoms with Crippen LogP contribution in [0, 0.1) is 11.3 Å². The van der Waals surface area contributed by atoms with Gasteiger partial charge in [0.1, 0.15) is 11.8 Å². The summed E-state index contributed by atoms with van der Waals surface area (Å²) in [5.41, 5.74) is 4.13. The molecule has 1 atom stereocenters. The lowest BCUT2D eigenvalue weighted by molar-refractivity contribution is 0.0931. The fourth-order valence-corrected chi connectivity index (χ4v) is 3.25. The van der Waals surface area contributed by atoms with E-state index in [1.54, 1.807) is 16.8 Å². The van der Waals surface area contributed by atoms with Crippen molar-refractivity contribution >= 4 is 5.91 Å². The van der Waals surface area contributed by atoms with Crippen LogP contribution in [-0.4, -0.2) is 16.5 Å². The summed E-state index contributed by atoms with van der Waals surface area (Å²) in [6.45, 7) is 4.10. The van der Waals surface area contributed by atoms with Gasteiger partial charge in [0.25, 0.3) is 5.91 Å². The largest absolute Gasteiger partial charge is 0.348 e. The summed E-state index contributed by atoms with van der Waals surface area (Å²) in [4.78, 5) is 12.9. The highest BCUT2D eigenvalue weighted by molar-refractivity contribution is 5.96. The Balaban J connectivity index is 1.75. The Labute approximate surface area is 166 Å². The Morgan fingerprint density at radius 1 is 1.07 bits per heavy atom. The van der Waals surface area contributed by atoms with Gasteiger partial charge in [-0.05, 0) is 55.5 Å². The standard InChI is InChI=1S/C24H25N3O/c1-3-19-11-13-22(14-12-19)27-16-15-21(17-25)23(27)24(28)26-18(2)9-10-20-7-5-4-6-8-20/h4-8,11-16,18H,3,9-10H2,1-2H3,(H,26,28)/t18-/m1/s1. The Bertz CT molecular complexity index is 965. The van der Waals surface area contributed by atoms with Crippen molar-refractivity contribution in [1.82, 2.24) is 9.88 Å². The molecule has 0 fully saturated rings. The maximum absolute atomic E-state index is 12.9. The Morgan fingerprint density at radius 2 is 1.79 bits per heavy atom. The molecule has 1 aromatic heterocycles. The normalized spacial score (nSPS) is 11.6. The third-order valence-corrected chi connectivity index (χ3v) is 4.93. The average Bonchev–Trinajstić information content (AvgIpc) is 3.17. The van der Waals surface area contributed by atoms with E-state index in [4.69, 9.17) is 0 Å². The van der Waals surface area contributed by atoms with E-state index in [1.807, 2.05) is 49.4 Å². The Morgan fingerprint density at radius 3 is 2.43 bits per heavy atom. The monoisotopic (exact) mass is 371 g/mol. The number of rotatable bonds is 7. The maximum Gasteiger partial charge on any atom is 0.269 e. The molecule has 2 aromatic carbocycles. The van der Waals surface area contributed by atoms with Gasteiger partial charge in [-0.25, -0.2) is 0 Å². The van der Waals surface area contributed by atoms with Gasteiger partial charge in [0.2, 0.25) is 0 Å². The quantitative estimate of drug-likeness (QED) is 0.656. The number of nitrogens with zero attached hydrogens (tertiary/aromatic N) is 2. The van der Waals surface area contributed by atoms with Gasteiger partial charge >= 0.3 is 0 Å². The maximum atomic E-state index is 12.9. The summed E-state index contributed by atoms with van der Waals surface area (Å²) >= 11 is 0. The highest BCUT2D eigenvalue weighted by Gasteiger charge is 2.19. The summed E-state index contributed by atoms with van der Waals surface area (Å²) in [5.74, 6) is -0.221. The van der Waals surface area contributed by atoms with E-state index < -0.39 is 0 Å². The molecule has 0 aliphatic carbocycles. The third-order valence-electron chi connectivity index (χ3n) is 4.93. The highest BCUT2D eigenvalue weighted by Crippen LogP contribution is 2.18. The molecule has 3 rings (SSSR count). The third kappa shape index (κ3) is 4.50. The number of aromatic nitrogens is 1. The van der Waals surface area contributed by atoms with Crippen LogP contribution >= 0.6 is 0 Å². The summed E-state index contributed by atoms with van der Waals surface area (Å²) in [5, 5.41) is 12.5. The highest BCUT2D eigenvalue weighted by atomic mass is 16.2. The molecule has 0 saturated heterocycles. The van der Waals surface area contributed by atoms with Crippen LogP contribution in [-0.2, 0) is 12.8 Å². The fraction of sp³-hybridized carbons (Fsp3) is 0.250. The first-order chi connectivity index (χ1) is 13.6. The molecule has 1 heterocycles. The van der Waals surface area contributed by atoms with Crippen LogP contribution in [0.5, 0.6) is 0 Å². The van der Waals surface area contributed by atoms with Crippen molar-refractivity contribution in [3.8, 4) is 11.8 Å². The molecule has 0 aliphatic rings. The molecule has 0 bridgehead atoms. The first-order valence-electron chi connectivity index (χ1n) is 9.68. The molecule has 0 aliphatic heterocycles. The molecule has 3 aromatic rings. The Hall–Kier alpha value is -3.32. The van der Waals surface area contributed by atoms with Gasteiger partial charge in [0.05, 0.1) is 5.56 Å². The topological polar surface area (TPSA) is 57.8 Å². The molecule has 0 spiro atoms. The fourth-order valence-electron chi connectivity index (χ4n) is 3.25. The second-order valence-electron chi connectivity index (χ2n) is 6.98. The molecule has 0 radical (unpaired) electrons. The summed E-state index contributed by atoms with van der Waals surface area (Å²) < 4.78 is 1.79. The predicted molar refractivity (Wildman–Crippen MR) is 112 cm³/mol. The number of benzene rings is 2. The number of hydrogen-bond donors (Lipinski definition) is 1. The first kappa shape index (κ1) is 19.4. The summed E-state index contributed by atoms with van der Waals surface area (Å²) in [6.07, 6.45) is 4.47. The second kappa shape index (κ2) is 9.05. The number of amides is 1. The minimum absolute atomic E-state index is 0.00469. The molecule has 28 heavy (non-hydrogen) atoms. The lowest BCUT2D eigenvalue weighted by Crippen LogP contribution is -2.34. The average molecular weight is 371 g/mol. The van der Waals surface area contributed by atoms with Gasteiger partial charge in [-0.2, -0.15) is 5.26 Å². The van der Waals surface area contributed by atoms with Crippen molar-refractivity contribution in [1.29, 1.82) is 5.26 Å². The number of aryl methyl sites for hydroxylation is 2. The SMILES string of the molecule is CCc1ccc(-n2ccc(C#N)c2C(=O)N[C@H](C)CCc2ccccc2)cc1. The molecule has 1 amide bonds. The predicted octanol–water partition coefficient (Wildman–Crippen LogP) is 4.66. The molecular formula is C24H25N3O. The van der Waals surface area contributed by atoms with Crippen LogP contribution in [0.1, 0.15) is 47.4 Å². The number of carbonyl (C=O) groups is 1. The summed E-state index contributed by atoms with van der Waals surface area (Å²) in [7, 11) is 0. The van der Waals surface area contributed by atoms with Crippen LogP contribution in [0.25, 0.3) is 5.69 Å². The van der Waals surface area contributed by atoms with Crippen LogP contribution in [0.3, 0.4) is 0 Å². The molecule has 0 saturated carbocycles. The molecule has 142 valence electrons. The van der Waals surface area contributed by atoms with E-state index in [0.717, 1.165) is 24.9 Å².